The standard InChI is InChI=1S/C14H22O2/c1-4-14(16)9-8-12(2)6-5-7-13(3)10-11-15/h1,6,10,14-16H,5,7-9,11H2,2-3H3/b12-6+,13-10+. The first-order valence-corrected chi connectivity index (χ1v) is 5.66. The summed E-state index contributed by atoms with van der Waals surface area (Å²) >= 11 is 0. The summed E-state index contributed by atoms with van der Waals surface area (Å²) < 4.78 is 0. The lowest BCUT2D eigenvalue weighted by Gasteiger charge is -2.04. The summed E-state index contributed by atoms with van der Waals surface area (Å²) in [5.41, 5.74) is 2.46. The number of allylic oxidation sites excluding steroid dienone is 3. The van der Waals surface area contributed by atoms with Gasteiger partial charge in [-0.25, -0.2) is 0 Å². The molecular weight excluding hydrogens is 200 g/mol. The minimum absolute atomic E-state index is 0.114. The van der Waals surface area contributed by atoms with Crippen molar-refractivity contribution in [2.24, 2.45) is 0 Å². The molecule has 0 aliphatic rings. The van der Waals surface area contributed by atoms with Crippen LogP contribution in [0.25, 0.3) is 0 Å². The van der Waals surface area contributed by atoms with E-state index in [-0.39, 0.29) is 6.61 Å². The van der Waals surface area contributed by atoms with Gasteiger partial charge in [-0.3, -0.25) is 0 Å². The van der Waals surface area contributed by atoms with Crippen molar-refractivity contribution >= 4 is 0 Å². The Morgan fingerprint density at radius 2 is 1.88 bits per heavy atom. The molecule has 0 radical (unpaired) electrons. The fourth-order valence-corrected chi connectivity index (χ4v) is 1.35. The molecule has 0 amide bonds. The van der Waals surface area contributed by atoms with E-state index in [1.165, 1.54) is 11.1 Å². The number of terminal acetylenes is 1. The Hall–Kier alpha value is -1.04. The Labute approximate surface area is 98.7 Å². The molecule has 0 aliphatic heterocycles. The van der Waals surface area contributed by atoms with Crippen molar-refractivity contribution in [2.75, 3.05) is 6.61 Å². The molecular formula is C14H22O2. The van der Waals surface area contributed by atoms with Crippen molar-refractivity contribution in [3.05, 3.63) is 23.3 Å². The van der Waals surface area contributed by atoms with Crippen LogP contribution in [0.15, 0.2) is 23.3 Å². The molecule has 0 aliphatic carbocycles. The highest BCUT2D eigenvalue weighted by Gasteiger charge is 1.98. The summed E-state index contributed by atoms with van der Waals surface area (Å²) in [7, 11) is 0. The summed E-state index contributed by atoms with van der Waals surface area (Å²) in [6.07, 6.45) is 11.9. The largest absolute Gasteiger partial charge is 0.392 e. The maximum atomic E-state index is 9.19. The lowest BCUT2D eigenvalue weighted by molar-refractivity contribution is 0.222. The van der Waals surface area contributed by atoms with Crippen molar-refractivity contribution in [3.63, 3.8) is 0 Å². The summed E-state index contributed by atoms with van der Waals surface area (Å²) in [5.74, 6) is 2.30. The van der Waals surface area contributed by atoms with Crippen LogP contribution < -0.4 is 0 Å². The predicted octanol–water partition coefficient (Wildman–Crippen LogP) is 2.43. The summed E-state index contributed by atoms with van der Waals surface area (Å²) in [5, 5.41) is 17.9. The lowest BCUT2D eigenvalue weighted by atomic mass is 10.1. The van der Waals surface area contributed by atoms with Gasteiger partial charge in [0.1, 0.15) is 6.10 Å². The fourth-order valence-electron chi connectivity index (χ4n) is 1.35. The Morgan fingerprint density at radius 1 is 1.25 bits per heavy atom. The predicted molar refractivity (Wildman–Crippen MR) is 67.9 cm³/mol. The van der Waals surface area contributed by atoms with Gasteiger partial charge in [0.2, 0.25) is 0 Å². The van der Waals surface area contributed by atoms with E-state index >= 15 is 0 Å². The average molecular weight is 222 g/mol. The van der Waals surface area contributed by atoms with Gasteiger partial charge in [-0.15, -0.1) is 6.42 Å². The van der Waals surface area contributed by atoms with Crippen LogP contribution in [-0.4, -0.2) is 22.9 Å². The van der Waals surface area contributed by atoms with Crippen LogP contribution >= 0.6 is 0 Å². The van der Waals surface area contributed by atoms with E-state index in [9.17, 15) is 5.11 Å². The Morgan fingerprint density at radius 3 is 2.44 bits per heavy atom. The van der Waals surface area contributed by atoms with Gasteiger partial charge in [0.05, 0.1) is 6.61 Å². The highest BCUT2D eigenvalue weighted by atomic mass is 16.3. The van der Waals surface area contributed by atoms with Gasteiger partial charge >= 0.3 is 0 Å². The topological polar surface area (TPSA) is 40.5 Å². The molecule has 1 atom stereocenters. The normalized spacial score (nSPS) is 14.7. The van der Waals surface area contributed by atoms with Crippen LogP contribution in [-0.2, 0) is 0 Å². The third-order valence-electron chi connectivity index (χ3n) is 2.48. The van der Waals surface area contributed by atoms with Crippen LogP contribution in [0.1, 0.15) is 39.5 Å². The van der Waals surface area contributed by atoms with Gasteiger partial charge in [-0.1, -0.05) is 29.2 Å². The van der Waals surface area contributed by atoms with Crippen LogP contribution in [0.3, 0.4) is 0 Å². The molecule has 0 bridgehead atoms. The van der Waals surface area contributed by atoms with Crippen molar-refractivity contribution in [2.45, 2.75) is 45.6 Å². The number of rotatable bonds is 7. The zero-order valence-corrected chi connectivity index (χ0v) is 10.2. The first-order valence-electron chi connectivity index (χ1n) is 5.66. The summed E-state index contributed by atoms with van der Waals surface area (Å²) in [4.78, 5) is 0. The third-order valence-corrected chi connectivity index (χ3v) is 2.48. The molecule has 0 aromatic carbocycles. The van der Waals surface area contributed by atoms with Gasteiger partial charge in [0, 0.05) is 0 Å². The first-order chi connectivity index (χ1) is 7.60. The number of hydrogen-bond acceptors (Lipinski definition) is 2. The quantitative estimate of drug-likeness (QED) is 0.513. The molecule has 0 saturated heterocycles. The van der Waals surface area contributed by atoms with Gasteiger partial charge < -0.3 is 10.2 Å². The SMILES string of the molecule is C#CC(O)CC/C(C)=C/CC/C(C)=C/CO. The average Bonchev–Trinajstić information content (AvgIpc) is 2.26. The van der Waals surface area contributed by atoms with Gasteiger partial charge in [-0.2, -0.15) is 0 Å². The van der Waals surface area contributed by atoms with E-state index in [4.69, 9.17) is 11.5 Å². The Kier molecular flexibility index (Phi) is 8.61. The van der Waals surface area contributed by atoms with E-state index in [0.717, 1.165) is 19.3 Å². The number of hydrogen-bond donors (Lipinski definition) is 2. The highest BCUT2D eigenvalue weighted by Crippen LogP contribution is 2.11. The second kappa shape index (κ2) is 9.21. The minimum Gasteiger partial charge on any atom is -0.392 e. The van der Waals surface area contributed by atoms with Crippen LogP contribution in [0.4, 0.5) is 0 Å². The third kappa shape index (κ3) is 8.28. The molecule has 0 aromatic heterocycles. The monoisotopic (exact) mass is 222 g/mol. The Balaban J connectivity index is 3.80. The molecule has 16 heavy (non-hydrogen) atoms. The van der Waals surface area contributed by atoms with Crippen molar-refractivity contribution < 1.29 is 10.2 Å². The molecule has 1 unspecified atom stereocenters. The zero-order chi connectivity index (χ0) is 12.4. The van der Waals surface area contributed by atoms with Gasteiger partial charge in [-0.05, 0) is 39.5 Å². The van der Waals surface area contributed by atoms with E-state index in [0.29, 0.717) is 6.42 Å². The maximum absolute atomic E-state index is 9.19. The number of aliphatic hydroxyl groups excluding tert-OH is 2. The molecule has 0 spiro atoms. The Bertz CT molecular complexity index is 282. The maximum Gasteiger partial charge on any atom is 0.114 e. The van der Waals surface area contributed by atoms with E-state index < -0.39 is 6.10 Å². The van der Waals surface area contributed by atoms with Crippen LogP contribution in [0.2, 0.25) is 0 Å². The summed E-state index contributed by atoms with van der Waals surface area (Å²) in [6, 6.07) is 0. The molecule has 2 nitrogen and oxygen atoms in total. The van der Waals surface area contributed by atoms with Crippen molar-refractivity contribution in [1.29, 1.82) is 0 Å². The molecule has 2 heteroatoms. The van der Waals surface area contributed by atoms with E-state index in [1.54, 1.807) is 0 Å². The molecule has 0 heterocycles. The molecule has 0 rings (SSSR count). The van der Waals surface area contributed by atoms with Crippen molar-refractivity contribution in [3.8, 4) is 12.3 Å². The first kappa shape index (κ1) is 15.0. The molecule has 90 valence electrons. The zero-order valence-electron chi connectivity index (χ0n) is 10.2. The molecule has 0 aromatic rings. The molecule has 0 fully saturated rings. The minimum atomic E-state index is -0.626. The molecule has 2 N–H and O–H groups in total. The van der Waals surface area contributed by atoms with Crippen LogP contribution in [0, 0.1) is 12.3 Å². The smallest absolute Gasteiger partial charge is 0.114 e. The van der Waals surface area contributed by atoms with E-state index in [2.05, 4.69) is 12.0 Å². The van der Waals surface area contributed by atoms with Gasteiger partial charge in [0.15, 0.2) is 0 Å². The molecule has 0 saturated carbocycles. The highest BCUT2D eigenvalue weighted by molar-refractivity contribution is 5.05. The summed E-state index contributed by atoms with van der Waals surface area (Å²) in [6.45, 7) is 4.18. The van der Waals surface area contributed by atoms with Crippen LogP contribution in [0.5, 0.6) is 0 Å². The fraction of sp³-hybridized carbons (Fsp3) is 0.571. The number of aliphatic hydroxyl groups is 2. The van der Waals surface area contributed by atoms with Crippen molar-refractivity contribution in [1.82, 2.24) is 0 Å². The second-order valence-corrected chi connectivity index (χ2v) is 4.04. The van der Waals surface area contributed by atoms with E-state index in [1.807, 2.05) is 19.9 Å². The lowest BCUT2D eigenvalue weighted by Crippen LogP contribution is -2.01. The van der Waals surface area contributed by atoms with Gasteiger partial charge in [0.25, 0.3) is 0 Å². The second-order valence-electron chi connectivity index (χ2n) is 4.04.